The third-order valence-corrected chi connectivity index (χ3v) is 10.7. The van der Waals surface area contributed by atoms with Gasteiger partial charge in [0.15, 0.2) is 0 Å². The van der Waals surface area contributed by atoms with Crippen LogP contribution < -0.4 is 10.6 Å². The average molecular weight is 940 g/mol. The number of nitrogens with one attached hydrogen (secondary N) is 2. The normalized spacial score (nSPS) is 15.5. The van der Waals surface area contributed by atoms with Crippen LogP contribution in [0.2, 0.25) is 11.1 Å². The fraction of sp³-hybridized carbons (Fsp3) is 0.822. The molecule has 0 aromatic carbocycles. The molecule has 2 aliphatic heterocycles. The predicted octanol–water partition coefficient (Wildman–Crippen LogP) is 5.11. The van der Waals surface area contributed by atoms with Gasteiger partial charge in [-0.25, -0.2) is 0 Å². The van der Waals surface area contributed by atoms with Crippen LogP contribution in [0.1, 0.15) is 142 Å². The van der Waals surface area contributed by atoms with E-state index in [1.165, 1.54) is 16.2 Å². The summed E-state index contributed by atoms with van der Waals surface area (Å²) in [5.74, 6) is 3.22. The van der Waals surface area contributed by atoms with E-state index >= 15 is 0 Å². The molecule has 15 nitrogen and oxygen atoms in total. The number of imide groups is 2. The van der Waals surface area contributed by atoms with Gasteiger partial charge in [0.2, 0.25) is 29.5 Å². The number of nitrogens with zero attached hydrogens (tertiary/aromatic N) is 2. The summed E-state index contributed by atoms with van der Waals surface area (Å²) in [5, 5.41) is 29.5. The summed E-state index contributed by atoms with van der Waals surface area (Å²) in [6, 6.07) is 0. The average Bonchev–Trinajstić information content (AvgIpc) is 3.62. The molecule has 5 N–H and O–H groups in total. The molecule has 61 heavy (non-hydrogen) atoms. The molecule has 0 aliphatic carbocycles. The fourth-order valence-corrected chi connectivity index (χ4v) is 5.86. The minimum Gasteiger partial charge on any atom is -0.371 e. The van der Waals surface area contributed by atoms with Gasteiger partial charge in [0, 0.05) is 69.2 Å². The quantitative estimate of drug-likeness (QED) is 0.0493. The predicted molar refractivity (Wildman–Crippen MR) is 244 cm³/mol. The number of amides is 5. The van der Waals surface area contributed by atoms with E-state index in [9.17, 15) is 38.4 Å². The number of Topliss-reactive ketones (excluding diaryl/α,β-unsaturated/α-hetero) is 2. The molecule has 2 heterocycles. The number of carbonyl (C=O) groups excluding carboxylic acids is 8. The molecule has 16 heteroatoms. The molecule has 0 radical (unpaired) electrons. The number of aliphatic hydroxyl groups is 3. The number of rotatable bonds is 19. The first-order valence-electron chi connectivity index (χ1n) is 21.7. The summed E-state index contributed by atoms with van der Waals surface area (Å²) in [7, 11) is 1.99. The van der Waals surface area contributed by atoms with E-state index in [4.69, 9.17) is 15.3 Å². The molecule has 0 saturated carbocycles. The van der Waals surface area contributed by atoms with Crippen LogP contribution >= 0.6 is 0 Å². The van der Waals surface area contributed by atoms with Crippen LogP contribution in [0.25, 0.3) is 0 Å². The van der Waals surface area contributed by atoms with Crippen molar-refractivity contribution in [2.45, 2.75) is 153 Å². The molecule has 2 unspecified atom stereocenters. The van der Waals surface area contributed by atoms with Crippen molar-refractivity contribution in [2.75, 3.05) is 46.6 Å². The van der Waals surface area contributed by atoms with E-state index in [-0.39, 0.29) is 103 Å². The van der Waals surface area contributed by atoms with Crippen LogP contribution in [0.4, 0.5) is 0 Å². The minimum absolute atomic E-state index is 0.0899. The molecule has 2 rings (SSSR count). The van der Waals surface area contributed by atoms with Crippen LogP contribution in [0, 0.1) is 40.9 Å². The smallest absolute Gasteiger partial charge is 0.140 e. The van der Waals surface area contributed by atoms with E-state index in [0.29, 0.717) is 46.0 Å². The van der Waals surface area contributed by atoms with E-state index < -0.39 is 6.79 Å². The van der Waals surface area contributed by atoms with Gasteiger partial charge < -0.3 is 30.7 Å². The van der Waals surface area contributed by atoms with E-state index in [1.807, 2.05) is 62.4 Å². The maximum absolute atomic E-state index is 12.0. The second kappa shape index (κ2) is 41.1. The molecule has 0 bridgehead atoms. The number of hydrogen-bond donors (Lipinski definition) is 5. The zero-order valence-corrected chi connectivity index (χ0v) is 42.6. The van der Waals surface area contributed by atoms with Crippen molar-refractivity contribution in [2.24, 2.45) is 40.9 Å². The molecule has 0 aromatic rings. The Labute approximate surface area is 375 Å². The molecule has 2 aliphatic rings. The van der Waals surface area contributed by atoms with Crippen molar-refractivity contribution >= 4 is 62.3 Å². The van der Waals surface area contributed by atoms with Gasteiger partial charge in [-0.2, -0.15) is 0 Å². The Balaban J connectivity index is -0.000000223. The van der Waals surface area contributed by atoms with Crippen LogP contribution in [-0.2, 0) is 38.4 Å². The number of aldehydes is 1. The zero-order chi connectivity index (χ0) is 48.9. The van der Waals surface area contributed by atoms with Crippen molar-refractivity contribution < 1.29 is 53.7 Å². The monoisotopic (exact) mass is 941 g/mol. The zero-order valence-electron chi connectivity index (χ0n) is 40.9. The van der Waals surface area contributed by atoms with Gasteiger partial charge in [0.25, 0.3) is 0 Å². The molecule has 5 amide bonds. The van der Waals surface area contributed by atoms with Crippen LogP contribution in [0.15, 0.2) is 0 Å². The molecule has 2 saturated heterocycles. The summed E-state index contributed by atoms with van der Waals surface area (Å²) in [6.45, 7) is 28.8. The van der Waals surface area contributed by atoms with Crippen molar-refractivity contribution in [3.8, 4) is 0 Å². The topological polar surface area (TPSA) is 228 Å². The summed E-state index contributed by atoms with van der Waals surface area (Å²) >= 11 is 0.547. The molecule has 2 atom stereocenters. The first kappa shape index (κ1) is 67.2. The molecular weight excluding hydrogens is 851 g/mol. The van der Waals surface area contributed by atoms with Gasteiger partial charge in [0.1, 0.15) is 18.9 Å². The Bertz CT molecular complexity index is 1230. The number of likely N-dealkylation sites (tertiary alicyclic amines) is 2. The first-order valence-corrected chi connectivity index (χ1v) is 24.6. The van der Waals surface area contributed by atoms with Gasteiger partial charge in [-0.1, -0.05) is 83.1 Å². The first-order chi connectivity index (χ1) is 28.4. The van der Waals surface area contributed by atoms with Crippen LogP contribution in [0.5, 0.6) is 0 Å². The number of aliphatic hydroxyl groups excluding tert-OH is 2. The largest absolute Gasteiger partial charge is 0.371 e. The van der Waals surface area contributed by atoms with Crippen LogP contribution in [0.3, 0.4) is 0 Å². The second-order valence-corrected chi connectivity index (χ2v) is 18.4. The third-order valence-electron chi connectivity index (χ3n) is 9.25. The van der Waals surface area contributed by atoms with Crippen molar-refractivity contribution in [3.05, 3.63) is 0 Å². The maximum Gasteiger partial charge on any atom is 0.140 e. The molecule has 360 valence electrons. The summed E-state index contributed by atoms with van der Waals surface area (Å²) in [6.07, 6.45) is 4.52. The van der Waals surface area contributed by atoms with Gasteiger partial charge >= 0.3 is 43.6 Å². The Kier molecular flexibility index (Phi) is 45.3. The Morgan fingerprint density at radius 3 is 1.44 bits per heavy atom. The van der Waals surface area contributed by atoms with Crippen molar-refractivity contribution in [1.82, 2.24) is 20.4 Å². The Morgan fingerprint density at radius 2 is 1.20 bits per heavy atom. The summed E-state index contributed by atoms with van der Waals surface area (Å²) in [5.41, 5.74) is -0.339. The third kappa shape index (κ3) is 36.3. The van der Waals surface area contributed by atoms with E-state index in [1.54, 1.807) is 13.8 Å². The van der Waals surface area contributed by atoms with Crippen molar-refractivity contribution in [3.63, 3.8) is 0 Å². The van der Waals surface area contributed by atoms with Gasteiger partial charge in [-0.05, 0) is 63.5 Å². The van der Waals surface area contributed by atoms with Crippen LogP contribution in [-0.4, -0.2) is 134 Å². The molecular formula is C45H88N4O11Se. The molecule has 2 fully saturated rings. The molecule has 0 aromatic heterocycles. The van der Waals surface area contributed by atoms with Gasteiger partial charge in [-0.15, -0.1) is 0 Å². The molecule has 0 spiro atoms. The fourth-order valence-electron chi connectivity index (χ4n) is 5.00. The maximum atomic E-state index is 12.0. The van der Waals surface area contributed by atoms with Gasteiger partial charge in [-0.3, -0.25) is 38.6 Å². The SMILES string of the molecule is CC.CC(=O)C(C)(C)CCO.CC(C)C1CC(=O)N(CCC=O)C1=O.CC(C)CCNC(=O)CCN1C(=O)CC(C(C)C)C1=O.CNCCC(C)C.C[Se]CC(C)=O.OCO. The van der Waals surface area contributed by atoms with E-state index in [2.05, 4.69) is 44.2 Å². The van der Waals surface area contributed by atoms with Crippen molar-refractivity contribution in [1.29, 1.82) is 0 Å². The number of hydrogen-bond acceptors (Lipinski definition) is 12. The van der Waals surface area contributed by atoms with Gasteiger partial charge in [0.05, 0.1) is 0 Å². The second-order valence-electron chi connectivity index (χ2n) is 16.6. The Morgan fingerprint density at radius 1 is 0.787 bits per heavy atom. The number of ketones is 2. The summed E-state index contributed by atoms with van der Waals surface area (Å²) in [4.78, 5) is 91.9. The minimum atomic E-state index is -0.750. The van der Waals surface area contributed by atoms with E-state index in [0.717, 1.165) is 30.5 Å². The Hall–Kier alpha value is -2.88. The number of carbonyl (C=O) groups is 8. The standard InChI is InChI=1S/C15H26N2O3.C10H15NO3.C7H14O2.C6H15N.C4H8OSe.C2H6.CH4O2/c1-10(2)5-7-16-13(18)6-8-17-14(19)9-12(11(3)4)15(17)20;1-7(2)8-6-9(13)11(10(8)14)4-3-5-12;1-6(9)7(2,3)4-5-8;1-6(2)4-5-7-3;1-4(5)3-6-2;1-2;2-1-3/h10-12H,5-9H2,1-4H3,(H,16,18);5,7-8H,3-4,6H2,1-2H3;8H,4-5H2,1-3H3;6-7H,4-5H2,1-3H3;3H2,1-2H3;1-2H3;2-3H,1H2. The summed E-state index contributed by atoms with van der Waals surface area (Å²) < 4.78 is 0.